The second-order valence-electron chi connectivity index (χ2n) is 5.51. The normalized spacial score (nSPS) is 19.3. The average Bonchev–Trinajstić information content (AvgIpc) is 2.66. The van der Waals surface area contributed by atoms with Crippen molar-refractivity contribution in [2.45, 2.75) is 37.6 Å². The maximum absolute atomic E-state index is 6.70. The molecule has 0 radical (unpaired) electrons. The predicted octanol–water partition coefficient (Wildman–Crippen LogP) is 4.06. The number of aromatic nitrogens is 1. The van der Waals surface area contributed by atoms with Gasteiger partial charge in [0.25, 0.3) is 0 Å². The molecule has 2 nitrogen and oxygen atoms in total. The summed E-state index contributed by atoms with van der Waals surface area (Å²) in [5, 5.41) is 1.27. The highest BCUT2D eigenvalue weighted by Crippen LogP contribution is 2.39. The van der Waals surface area contributed by atoms with Gasteiger partial charge in [-0.25, -0.2) is 0 Å². The van der Waals surface area contributed by atoms with Crippen LogP contribution in [0, 0.1) is 0 Å². The molecule has 18 heavy (non-hydrogen) atoms. The first-order valence-electron chi connectivity index (χ1n) is 6.65. The Morgan fingerprint density at radius 1 is 1.22 bits per heavy atom. The lowest BCUT2D eigenvalue weighted by molar-refractivity contribution is 0.304. The Hall–Kier alpha value is -0.800. The molecule has 1 aliphatic rings. The molecule has 2 aromatic rings. The number of nitrogens with zero attached hydrogens (tertiary/aromatic N) is 1. The van der Waals surface area contributed by atoms with E-state index in [1.165, 1.54) is 35.7 Å². The van der Waals surface area contributed by atoms with E-state index in [1.54, 1.807) is 0 Å². The van der Waals surface area contributed by atoms with Gasteiger partial charge in [0.1, 0.15) is 0 Å². The third-order valence-corrected chi connectivity index (χ3v) is 4.87. The molecule has 1 heterocycles. The zero-order valence-electron chi connectivity index (χ0n) is 10.7. The van der Waals surface area contributed by atoms with E-state index in [0.29, 0.717) is 0 Å². The molecular weight excluding hydrogens is 288 g/mol. The zero-order chi connectivity index (χ0) is 12.8. The van der Waals surface area contributed by atoms with E-state index in [2.05, 4.69) is 51.9 Å². The van der Waals surface area contributed by atoms with Gasteiger partial charge in [-0.2, -0.15) is 0 Å². The molecule has 3 rings (SSSR count). The number of nitrogens with two attached hydrogens (primary N) is 1. The van der Waals surface area contributed by atoms with Gasteiger partial charge in [-0.05, 0) is 34.3 Å². The van der Waals surface area contributed by atoms with E-state index in [-0.39, 0.29) is 5.54 Å². The summed E-state index contributed by atoms with van der Waals surface area (Å²) < 4.78 is 3.35. The van der Waals surface area contributed by atoms with E-state index >= 15 is 0 Å². The van der Waals surface area contributed by atoms with Crippen LogP contribution in [0.4, 0.5) is 0 Å². The molecule has 1 saturated carbocycles. The molecular formula is C15H19BrN2. The van der Waals surface area contributed by atoms with Crippen LogP contribution >= 0.6 is 15.9 Å². The number of halogens is 1. The highest BCUT2D eigenvalue weighted by Gasteiger charge is 2.31. The minimum atomic E-state index is -0.136. The minimum absolute atomic E-state index is 0.136. The molecule has 1 aromatic heterocycles. The van der Waals surface area contributed by atoms with Gasteiger partial charge in [0.2, 0.25) is 0 Å². The van der Waals surface area contributed by atoms with Gasteiger partial charge in [0, 0.05) is 28.6 Å². The third kappa shape index (κ3) is 1.81. The van der Waals surface area contributed by atoms with Gasteiger partial charge in [-0.1, -0.05) is 37.5 Å². The second kappa shape index (κ2) is 4.39. The first-order valence-corrected chi connectivity index (χ1v) is 7.44. The molecule has 0 bridgehead atoms. The number of hydrogen-bond donors (Lipinski definition) is 1. The van der Waals surface area contributed by atoms with Crippen molar-refractivity contribution in [3.63, 3.8) is 0 Å². The second-order valence-corrected chi connectivity index (χ2v) is 6.36. The molecule has 1 aliphatic carbocycles. The summed E-state index contributed by atoms with van der Waals surface area (Å²) in [5.74, 6) is 0. The van der Waals surface area contributed by atoms with Crippen molar-refractivity contribution >= 4 is 26.8 Å². The monoisotopic (exact) mass is 306 g/mol. The van der Waals surface area contributed by atoms with Crippen molar-refractivity contribution in [3.05, 3.63) is 34.4 Å². The van der Waals surface area contributed by atoms with E-state index < -0.39 is 0 Å². The fourth-order valence-corrected chi connectivity index (χ4v) is 3.90. The van der Waals surface area contributed by atoms with Crippen LogP contribution < -0.4 is 5.73 Å². The molecule has 0 atom stereocenters. The maximum Gasteiger partial charge on any atom is 0.0540 e. The highest BCUT2D eigenvalue weighted by molar-refractivity contribution is 9.10. The van der Waals surface area contributed by atoms with Crippen molar-refractivity contribution in [2.75, 3.05) is 0 Å². The number of fused-ring (bicyclic) bond motifs is 1. The van der Waals surface area contributed by atoms with E-state index in [9.17, 15) is 0 Å². The largest absolute Gasteiger partial charge is 0.349 e. The molecule has 0 unspecified atom stereocenters. The topological polar surface area (TPSA) is 30.9 Å². The summed E-state index contributed by atoms with van der Waals surface area (Å²) in [5.41, 5.74) is 9.16. The van der Waals surface area contributed by atoms with Crippen LogP contribution in [0.5, 0.6) is 0 Å². The van der Waals surface area contributed by atoms with Crippen molar-refractivity contribution < 1.29 is 0 Å². The lowest BCUT2D eigenvalue weighted by Crippen LogP contribution is -2.39. The Kier molecular flexibility index (Phi) is 2.99. The number of hydrogen-bond acceptors (Lipinski definition) is 1. The van der Waals surface area contributed by atoms with Crippen LogP contribution in [0.2, 0.25) is 0 Å². The third-order valence-electron chi connectivity index (χ3n) is 4.24. The van der Waals surface area contributed by atoms with Crippen LogP contribution in [-0.2, 0) is 12.6 Å². The van der Waals surface area contributed by atoms with E-state index in [1.807, 2.05) is 0 Å². The average molecular weight is 307 g/mol. The number of benzene rings is 1. The molecule has 0 saturated heterocycles. The van der Waals surface area contributed by atoms with Crippen LogP contribution in [0.25, 0.3) is 10.9 Å². The Morgan fingerprint density at radius 3 is 2.67 bits per heavy atom. The smallest absolute Gasteiger partial charge is 0.0540 e. The zero-order valence-corrected chi connectivity index (χ0v) is 12.3. The van der Waals surface area contributed by atoms with Crippen LogP contribution in [0.15, 0.2) is 28.9 Å². The summed E-state index contributed by atoms with van der Waals surface area (Å²) >= 11 is 3.63. The summed E-state index contributed by atoms with van der Waals surface area (Å²) in [6.45, 7) is 0. The Labute approximate surface area is 116 Å². The van der Waals surface area contributed by atoms with Gasteiger partial charge in [-0.3, -0.25) is 0 Å². The van der Waals surface area contributed by atoms with Gasteiger partial charge in [0.05, 0.1) is 5.52 Å². The maximum atomic E-state index is 6.70. The summed E-state index contributed by atoms with van der Waals surface area (Å²) in [7, 11) is 2.10. The number of aryl methyl sites for hydroxylation is 1. The van der Waals surface area contributed by atoms with Crippen molar-refractivity contribution in [3.8, 4) is 0 Å². The highest BCUT2D eigenvalue weighted by atomic mass is 79.9. The first-order chi connectivity index (χ1) is 8.62. The molecule has 0 spiro atoms. The quantitative estimate of drug-likeness (QED) is 0.846. The van der Waals surface area contributed by atoms with Gasteiger partial charge in [-0.15, -0.1) is 0 Å². The van der Waals surface area contributed by atoms with Gasteiger partial charge < -0.3 is 10.3 Å². The molecule has 3 heteroatoms. The Balaban J connectivity index is 2.22. The predicted molar refractivity (Wildman–Crippen MR) is 79.6 cm³/mol. The summed E-state index contributed by atoms with van der Waals surface area (Å²) in [6.07, 6.45) is 8.16. The fourth-order valence-electron chi connectivity index (χ4n) is 3.27. The fraction of sp³-hybridized carbons (Fsp3) is 0.467. The van der Waals surface area contributed by atoms with Gasteiger partial charge >= 0.3 is 0 Å². The molecule has 1 fully saturated rings. The first kappa shape index (κ1) is 12.2. The SMILES string of the molecule is Cn1cc(Br)c2cccc(C3(N)CCCCC3)c21. The molecule has 2 N–H and O–H groups in total. The molecule has 0 aliphatic heterocycles. The standard InChI is InChI=1S/C15H19BrN2/c1-18-10-13(16)11-6-5-7-12(14(11)18)15(17)8-3-2-4-9-15/h5-7,10H,2-4,8-9,17H2,1H3. The van der Waals surface area contributed by atoms with E-state index in [4.69, 9.17) is 5.73 Å². The lowest BCUT2D eigenvalue weighted by Gasteiger charge is -2.34. The van der Waals surface area contributed by atoms with Crippen LogP contribution in [0.3, 0.4) is 0 Å². The van der Waals surface area contributed by atoms with Gasteiger partial charge in [0.15, 0.2) is 0 Å². The van der Waals surface area contributed by atoms with Crippen molar-refractivity contribution in [1.82, 2.24) is 4.57 Å². The molecule has 0 amide bonds. The summed E-state index contributed by atoms with van der Waals surface area (Å²) in [4.78, 5) is 0. The molecule has 1 aromatic carbocycles. The summed E-state index contributed by atoms with van der Waals surface area (Å²) in [6, 6.07) is 6.50. The molecule has 96 valence electrons. The van der Waals surface area contributed by atoms with Crippen LogP contribution in [0.1, 0.15) is 37.7 Å². The van der Waals surface area contributed by atoms with Crippen molar-refractivity contribution in [2.24, 2.45) is 12.8 Å². The Morgan fingerprint density at radius 2 is 1.94 bits per heavy atom. The number of para-hydroxylation sites is 1. The van der Waals surface area contributed by atoms with E-state index in [0.717, 1.165) is 17.3 Å². The Bertz CT molecular complexity index is 579. The van der Waals surface area contributed by atoms with Crippen LogP contribution in [-0.4, -0.2) is 4.57 Å². The van der Waals surface area contributed by atoms with Crippen molar-refractivity contribution in [1.29, 1.82) is 0 Å². The lowest BCUT2D eigenvalue weighted by atomic mass is 9.77. The minimum Gasteiger partial charge on any atom is -0.349 e. The number of rotatable bonds is 1.